The van der Waals surface area contributed by atoms with Crippen molar-refractivity contribution in [1.82, 2.24) is 10.2 Å². The van der Waals surface area contributed by atoms with Gasteiger partial charge in [-0.05, 0) is 19.7 Å². The number of alkyl halides is 4. The molecule has 0 radical (unpaired) electrons. The van der Waals surface area contributed by atoms with Gasteiger partial charge in [-0.1, -0.05) is 30.3 Å². The molecule has 0 spiro atoms. The average molecular weight is 292 g/mol. The molecular weight excluding hydrogens is 276 g/mol. The van der Waals surface area contributed by atoms with Crippen LogP contribution >= 0.6 is 0 Å². The highest BCUT2D eigenvalue weighted by molar-refractivity contribution is 5.84. The third kappa shape index (κ3) is 4.19. The Bertz CT molecular complexity index is 437. The first-order valence-corrected chi connectivity index (χ1v) is 5.91. The van der Waals surface area contributed by atoms with E-state index in [1.165, 1.54) is 0 Å². The van der Waals surface area contributed by atoms with E-state index in [4.69, 9.17) is 0 Å². The summed E-state index contributed by atoms with van der Waals surface area (Å²) in [5.41, 5.74) is 0.569. The predicted octanol–water partition coefficient (Wildman–Crippen LogP) is 2.31. The molecule has 1 aromatic carbocycles. The van der Waals surface area contributed by atoms with Crippen LogP contribution in [0.2, 0.25) is 0 Å². The Labute approximate surface area is 114 Å². The summed E-state index contributed by atoms with van der Waals surface area (Å²) in [6.45, 7) is 0.217. The van der Waals surface area contributed by atoms with Crippen molar-refractivity contribution in [2.75, 3.05) is 20.6 Å². The molecular formula is C13H16F4N2O. The van der Waals surface area contributed by atoms with E-state index >= 15 is 0 Å². The van der Waals surface area contributed by atoms with Crippen molar-refractivity contribution < 1.29 is 22.4 Å². The van der Waals surface area contributed by atoms with Crippen LogP contribution in [0.1, 0.15) is 11.6 Å². The number of halogens is 4. The monoisotopic (exact) mass is 292 g/mol. The van der Waals surface area contributed by atoms with Crippen molar-refractivity contribution in [2.45, 2.75) is 18.4 Å². The van der Waals surface area contributed by atoms with Crippen molar-refractivity contribution in [1.29, 1.82) is 0 Å². The summed E-state index contributed by atoms with van der Waals surface area (Å²) in [6, 6.07) is 7.56. The van der Waals surface area contributed by atoms with Gasteiger partial charge in [0.2, 0.25) is 0 Å². The van der Waals surface area contributed by atoms with E-state index in [-0.39, 0.29) is 6.54 Å². The number of rotatable bonds is 6. The van der Waals surface area contributed by atoms with Crippen molar-refractivity contribution in [2.24, 2.45) is 0 Å². The Morgan fingerprint density at radius 3 is 2.25 bits per heavy atom. The van der Waals surface area contributed by atoms with Crippen LogP contribution in [0, 0.1) is 0 Å². The van der Waals surface area contributed by atoms with Crippen LogP contribution in [0.5, 0.6) is 0 Å². The quantitative estimate of drug-likeness (QED) is 0.816. The highest BCUT2D eigenvalue weighted by atomic mass is 19.3. The molecule has 1 amide bonds. The first kappa shape index (κ1) is 16.4. The van der Waals surface area contributed by atoms with Crippen LogP contribution in [-0.2, 0) is 4.79 Å². The van der Waals surface area contributed by atoms with Crippen LogP contribution in [0.15, 0.2) is 30.3 Å². The lowest BCUT2D eigenvalue weighted by Crippen LogP contribution is -2.48. The average Bonchev–Trinajstić information content (AvgIpc) is 2.38. The maximum atomic E-state index is 13.0. The molecule has 1 rings (SSSR count). The molecule has 1 unspecified atom stereocenters. The summed E-state index contributed by atoms with van der Waals surface area (Å²) in [5.74, 6) is -6.66. The maximum Gasteiger partial charge on any atom is 0.383 e. The lowest BCUT2D eigenvalue weighted by molar-refractivity contribution is -0.170. The molecule has 0 heterocycles. The molecule has 7 heteroatoms. The summed E-state index contributed by atoms with van der Waals surface area (Å²) in [4.78, 5) is 13.0. The standard InChI is InChI=1S/C13H16F4N2O/c1-19(2)8-10(9-6-4-3-5-7-9)18-12(20)13(16,17)11(14)15/h3-7,10-11H,8H2,1-2H3,(H,18,20). The number of benzene rings is 1. The van der Waals surface area contributed by atoms with E-state index < -0.39 is 24.3 Å². The fourth-order valence-corrected chi connectivity index (χ4v) is 1.64. The lowest BCUT2D eigenvalue weighted by Gasteiger charge is -2.25. The van der Waals surface area contributed by atoms with Crippen LogP contribution < -0.4 is 5.32 Å². The number of nitrogens with zero attached hydrogens (tertiary/aromatic N) is 1. The smallest absolute Gasteiger partial charge is 0.343 e. The molecule has 0 aliphatic carbocycles. The summed E-state index contributed by atoms with van der Waals surface area (Å²) in [5, 5.41) is 1.98. The van der Waals surface area contributed by atoms with Gasteiger partial charge in [-0.15, -0.1) is 0 Å². The van der Waals surface area contributed by atoms with Crippen molar-refractivity contribution in [3.8, 4) is 0 Å². The molecule has 0 saturated carbocycles. The first-order valence-electron chi connectivity index (χ1n) is 5.91. The first-order chi connectivity index (χ1) is 9.25. The zero-order chi connectivity index (χ0) is 15.3. The summed E-state index contributed by atoms with van der Waals surface area (Å²) >= 11 is 0. The number of likely N-dealkylation sites (N-methyl/N-ethyl adjacent to an activating group) is 1. The van der Waals surface area contributed by atoms with Gasteiger partial charge in [-0.2, -0.15) is 8.78 Å². The molecule has 3 nitrogen and oxygen atoms in total. The van der Waals surface area contributed by atoms with E-state index in [0.29, 0.717) is 5.56 Å². The summed E-state index contributed by atoms with van der Waals surface area (Å²) < 4.78 is 50.3. The molecule has 0 fully saturated rings. The zero-order valence-corrected chi connectivity index (χ0v) is 11.1. The Morgan fingerprint density at radius 1 is 1.25 bits per heavy atom. The third-order valence-electron chi connectivity index (χ3n) is 2.63. The van der Waals surface area contributed by atoms with Gasteiger partial charge < -0.3 is 10.2 Å². The van der Waals surface area contributed by atoms with E-state index in [1.807, 2.05) is 5.32 Å². The predicted molar refractivity (Wildman–Crippen MR) is 66.8 cm³/mol. The van der Waals surface area contributed by atoms with Crippen LogP contribution in [0.4, 0.5) is 17.6 Å². The fraction of sp³-hybridized carbons (Fsp3) is 0.462. The highest BCUT2D eigenvalue weighted by Gasteiger charge is 2.49. The van der Waals surface area contributed by atoms with E-state index in [9.17, 15) is 22.4 Å². The van der Waals surface area contributed by atoms with Gasteiger partial charge in [0.05, 0.1) is 6.04 Å². The topological polar surface area (TPSA) is 32.3 Å². The van der Waals surface area contributed by atoms with Gasteiger partial charge in [0.15, 0.2) is 0 Å². The second-order valence-electron chi connectivity index (χ2n) is 4.62. The lowest BCUT2D eigenvalue weighted by atomic mass is 10.1. The minimum Gasteiger partial charge on any atom is -0.343 e. The molecule has 0 aliphatic heterocycles. The number of hydrogen-bond acceptors (Lipinski definition) is 2. The Morgan fingerprint density at radius 2 is 1.80 bits per heavy atom. The van der Waals surface area contributed by atoms with Gasteiger partial charge >= 0.3 is 12.3 Å². The van der Waals surface area contributed by atoms with Crippen molar-refractivity contribution in [3.63, 3.8) is 0 Å². The third-order valence-corrected chi connectivity index (χ3v) is 2.63. The second kappa shape index (κ2) is 6.69. The second-order valence-corrected chi connectivity index (χ2v) is 4.62. The number of hydrogen-bond donors (Lipinski definition) is 1. The van der Waals surface area contributed by atoms with Crippen LogP contribution in [0.25, 0.3) is 0 Å². The Kier molecular flexibility index (Phi) is 5.50. The molecule has 0 aliphatic rings. The van der Waals surface area contributed by atoms with E-state index in [1.54, 1.807) is 49.3 Å². The maximum absolute atomic E-state index is 13.0. The fourth-order valence-electron chi connectivity index (χ4n) is 1.64. The van der Waals surface area contributed by atoms with Gasteiger partial charge in [-0.3, -0.25) is 4.79 Å². The molecule has 1 aromatic rings. The van der Waals surface area contributed by atoms with E-state index in [0.717, 1.165) is 0 Å². The van der Waals surface area contributed by atoms with Gasteiger partial charge in [0, 0.05) is 6.54 Å². The molecule has 1 atom stereocenters. The van der Waals surface area contributed by atoms with Gasteiger partial charge in [0.1, 0.15) is 0 Å². The zero-order valence-electron chi connectivity index (χ0n) is 11.1. The molecule has 1 N–H and O–H groups in total. The largest absolute Gasteiger partial charge is 0.383 e. The molecule has 0 aromatic heterocycles. The Hall–Kier alpha value is -1.63. The van der Waals surface area contributed by atoms with Gasteiger partial charge in [0.25, 0.3) is 5.91 Å². The van der Waals surface area contributed by atoms with Gasteiger partial charge in [-0.25, -0.2) is 8.78 Å². The molecule has 20 heavy (non-hydrogen) atoms. The Balaban J connectivity index is 2.89. The van der Waals surface area contributed by atoms with E-state index in [2.05, 4.69) is 0 Å². The number of nitrogens with one attached hydrogen (secondary N) is 1. The summed E-state index contributed by atoms with van der Waals surface area (Å²) in [6.07, 6.45) is -4.03. The van der Waals surface area contributed by atoms with Crippen molar-refractivity contribution in [3.05, 3.63) is 35.9 Å². The van der Waals surface area contributed by atoms with Crippen LogP contribution in [0.3, 0.4) is 0 Å². The highest BCUT2D eigenvalue weighted by Crippen LogP contribution is 2.24. The number of carbonyl (C=O) groups is 1. The minimum atomic E-state index is -4.70. The molecule has 0 saturated heterocycles. The normalized spacial score (nSPS) is 13.6. The molecule has 0 bridgehead atoms. The number of carbonyl (C=O) groups excluding carboxylic acids is 1. The minimum absolute atomic E-state index is 0.217. The van der Waals surface area contributed by atoms with Crippen molar-refractivity contribution >= 4 is 5.91 Å². The molecule has 112 valence electrons. The SMILES string of the molecule is CN(C)CC(NC(=O)C(F)(F)C(F)F)c1ccccc1. The number of amides is 1. The van der Waals surface area contributed by atoms with Crippen LogP contribution in [-0.4, -0.2) is 43.8 Å². The summed E-state index contributed by atoms with van der Waals surface area (Å²) in [7, 11) is 3.38.